The van der Waals surface area contributed by atoms with Crippen LogP contribution in [-0.4, -0.2) is 6.54 Å². The first-order valence-corrected chi connectivity index (χ1v) is 7.64. The normalized spacial score (nSPS) is 12.4. The monoisotopic (exact) mass is 385 g/mol. The second-order valence-corrected chi connectivity index (χ2v) is 5.98. The number of rotatable bonds is 4. The summed E-state index contributed by atoms with van der Waals surface area (Å²) in [7, 11) is 0. The Morgan fingerprint density at radius 2 is 1.79 bits per heavy atom. The van der Waals surface area contributed by atoms with Gasteiger partial charge in [-0.15, -0.1) is 0 Å². The van der Waals surface area contributed by atoms with E-state index in [2.05, 4.69) is 56.2 Å². The molecule has 0 saturated heterocycles. The maximum atomic E-state index is 13.2. The van der Waals surface area contributed by atoms with Crippen LogP contribution in [0.25, 0.3) is 0 Å². The minimum absolute atomic E-state index is 0.0491. The first kappa shape index (κ1) is 14.7. The van der Waals surface area contributed by atoms with Crippen molar-refractivity contribution in [2.75, 3.05) is 6.54 Å². The number of benzene rings is 2. The Hall–Kier alpha value is -0.710. The molecule has 4 heteroatoms. The van der Waals surface area contributed by atoms with E-state index >= 15 is 0 Å². The van der Waals surface area contributed by atoms with Crippen molar-refractivity contribution in [2.45, 2.75) is 13.0 Å². The Morgan fingerprint density at radius 1 is 1.11 bits per heavy atom. The molecule has 0 radical (unpaired) electrons. The molecule has 19 heavy (non-hydrogen) atoms. The van der Waals surface area contributed by atoms with Gasteiger partial charge in [0, 0.05) is 8.95 Å². The lowest BCUT2D eigenvalue weighted by atomic mass is 9.98. The van der Waals surface area contributed by atoms with E-state index in [1.165, 1.54) is 12.1 Å². The molecule has 0 aliphatic heterocycles. The van der Waals surface area contributed by atoms with Crippen molar-refractivity contribution < 1.29 is 4.39 Å². The smallest absolute Gasteiger partial charge is 0.124 e. The predicted molar refractivity (Wildman–Crippen MR) is 83.8 cm³/mol. The maximum Gasteiger partial charge on any atom is 0.124 e. The van der Waals surface area contributed by atoms with E-state index in [0.717, 1.165) is 26.6 Å². The predicted octanol–water partition coefficient (Wildman–Crippen LogP) is 5.05. The van der Waals surface area contributed by atoms with Crippen molar-refractivity contribution in [2.24, 2.45) is 0 Å². The third-order valence-corrected chi connectivity index (χ3v) is 4.10. The Balaban J connectivity index is 2.41. The fraction of sp³-hybridized carbons (Fsp3) is 0.200. The zero-order valence-electron chi connectivity index (χ0n) is 10.5. The van der Waals surface area contributed by atoms with E-state index < -0.39 is 0 Å². The van der Waals surface area contributed by atoms with Crippen LogP contribution in [0.1, 0.15) is 24.1 Å². The second kappa shape index (κ2) is 6.64. The molecule has 1 N–H and O–H groups in total. The van der Waals surface area contributed by atoms with Gasteiger partial charge in [-0.1, -0.05) is 57.0 Å². The van der Waals surface area contributed by atoms with Crippen molar-refractivity contribution in [1.29, 1.82) is 0 Å². The average Bonchev–Trinajstić information content (AvgIpc) is 2.38. The van der Waals surface area contributed by atoms with Gasteiger partial charge in [-0.05, 0) is 41.9 Å². The van der Waals surface area contributed by atoms with Crippen molar-refractivity contribution >= 4 is 31.9 Å². The van der Waals surface area contributed by atoms with E-state index in [0.29, 0.717) is 0 Å². The van der Waals surface area contributed by atoms with Gasteiger partial charge in [-0.2, -0.15) is 0 Å². The van der Waals surface area contributed by atoms with Gasteiger partial charge in [0.15, 0.2) is 0 Å². The molecule has 0 spiro atoms. The Labute approximate surface area is 129 Å². The van der Waals surface area contributed by atoms with Crippen LogP contribution in [0.5, 0.6) is 0 Å². The molecule has 0 aromatic heterocycles. The molecule has 1 atom stereocenters. The number of hydrogen-bond donors (Lipinski definition) is 1. The highest BCUT2D eigenvalue weighted by atomic mass is 79.9. The summed E-state index contributed by atoms with van der Waals surface area (Å²) < 4.78 is 15.0. The van der Waals surface area contributed by atoms with Gasteiger partial charge in [-0.25, -0.2) is 4.39 Å². The van der Waals surface area contributed by atoms with Crippen molar-refractivity contribution in [3.63, 3.8) is 0 Å². The molecule has 0 bridgehead atoms. The molecule has 1 unspecified atom stereocenters. The highest BCUT2D eigenvalue weighted by molar-refractivity contribution is 9.10. The van der Waals surface area contributed by atoms with Gasteiger partial charge in [0.25, 0.3) is 0 Å². The first-order chi connectivity index (χ1) is 9.11. The largest absolute Gasteiger partial charge is 0.306 e. The highest BCUT2D eigenvalue weighted by Crippen LogP contribution is 2.29. The molecule has 2 aromatic carbocycles. The van der Waals surface area contributed by atoms with Gasteiger partial charge in [0.05, 0.1) is 6.04 Å². The Kier molecular flexibility index (Phi) is 5.13. The number of nitrogens with one attached hydrogen (secondary N) is 1. The van der Waals surface area contributed by atoms with Gasteiger partial charge >= 0.3 is 0 Å². The van der Waals surface area contributed by atoms with Gasteiger partial charge < -0.3 is 5.32 Å². The summed E-state index contributed by atoms with van der Waals surface area (Å²) in [5, 5.41) is 3.43. The molecule has 0 amide bonds. The van der Waals surface area contributed by atoms with Crippen LogP contribution >= 0.6 is 31.9 Å². The molecule has 0 fully saturated rings. The van der Waals surface area contributed by atoms with Crippen molar-refractivity contribution in [1.82, 2.24) is 5.32 Å². The van der Waals surface area contributed by atoms with Crippen molar-refractivity contribution in [3.05, 3.63) is 68.4 Å². The summed E-state index contributed by atoms with van der Waals surface area (Å²) >= 11 is 6.87. The number of halogens is 3. The second-order valence-electron chi connectivity index (χ2n) is 4.21. The minimum Gasteiger partial charge on any atom is -0.306 e. The first-order valence-electron chi connectivity index (χ1n) is 6.05. The summed E-state index contributed by atoms with van der Waals surface area (Å²) in [5.74, 6) is -0.235. The lowest BCUT2D eigenvalue weighted by molar-refractivity contribution is 0.611. The summed E-state index contributed by atoms with van der Waals surface area (Å²) in [6, 6.07) is 13.0. The van der Waals surface area contributed by atoms with E-state index in [1.807, 2.05) is 18.2 Å². The number of hydrogen-bond acceptors (Lipinski definition) is 1. The van der Waals surface area contributed by atoms with Crippen LogP contribution < -0.4 is 5.32 Å². The summed E-state index contributed by atoms with van der Waals surface area (Å²) in [5.41, 5.74) is 2.18. The average molecular weight is 387 g/mol. The van der Waals surface area contributed by atoms with Crippen LogP contribution in [0.2, 0.25) is 0 Å². The molecule has 0 saturated carbocycles. The molecule has 2 rings (SSSR count). The Morgan fingerprint density at radius 3 is 2.37 bits per heavy atom. The van der Waals surface area contributed by atoms with E-state index in [-0.39, 0.29) is 11.9 Å². The summed E-state index contributed by atoms with van der Waals surface area (Å²) in [6.07, 6.45) is 0. The SMILES string of the molecule is CCNC(c1ccc(Br)cc1)c1ccc(F)cc1Br. The standard InChI is InChI=1S/C15H14Br2FN/c1-2-19-15(10-3-5-11(16)6-4-10)13-8-7-12(18)9-14(13)17/h3-9,15,19H,2H2,1H3. The maximum absolute atomic E-state index is 13.2. The zero-order chi connectivity index (χ0) is 13.8. The van der Waals surface area contributed by atoms with Crippen LogP contribution in [-0.2, 0) is 0 Å². The fourth-order valence-electron chi connectivity index (χ4n) is 2.00. The van der Waals surface area contributed by atoms with Crippen LogP contribution in [0.4, 0.5) is 4.39 Å². The van der Waals surface area contributed by atoms with Gasteiger partial charge in [0.2, 0.25) is 0 Å². The Bertz CT molecular complexity index is 555. The summed E-state index contributed by atoms with van der Waals surface area (Å²) in [4.78, 5) is 0. The molecule has 1 nitrogen and oxygen atoms in total. The molecule has 2 aromatic rings. The van der Waals surface area contributed by atoms with E-state index in [4.69, 9.17) is 0 Å². The van der Waals surface area contributed by atoms with Gasteiger partial charge in [0.1, 0.15) is 5.82 Å². The van der Waals surface area contributed by atoms with Crippen LogP contribution in [0.3, 0.4) is 0 Å². The van der Waals surface area contributed by atoms with Crippen LogP contribution in [0, 0.1) is 5.82 Å². The zero-order valence-corrected chi connectivity index (χ0v) is 13.6. The molecule has 0 heterocycles. The van der Waals surface area contributed by atoms with Crippen molar-refractivity contribution in [3.8, 4) is 0 Å². The molecule has 100 valence electrons. The highest BCUT2D eigenvalue weighted by Gasteiger charge is 2.16. The summed E-state index contributed by atoms with van der Waals surface area (Å²) in [6.45, 7) is 2.90. The third kappa shape index (κ3) is 3.65. The van der Waals surface area contributed by atoms with E-state index in [1.54, 1.807) is 0 Å². The topological polar surface area (TPSA) is 12.0 Å². The van der Waals surface area contributed by atoms with E-state index in [9.17, 15) is 4.39 Å². The third-order valence-electron chi connectivity index (χ3n) is 2.89. The molecular weight excluding hydrogens is 373 g/mol. The molecular formula is C15H14Br2FN. The molecule has 0 aliphatic carbocycles. The minimum atomic E-state index is -0.235. The van der Waals surface area contributed by atoms with Gasteiger partial charge in [-0.3, -0.25) is 0 Å². The molecule has 0 aliphatic rings. The quantitative estimate of drug-likeness (QED) is 0.775. The fourth-order valence-corrected chi connectivity index (χ4v) is 2.85. The lowest BCUT2D eigenvalue weighted by Crippen LogP contribution is -2.22. The van der Waals surface area contributed by atoms with Crippen LogP contribution in [0.15, 0.2) is 51.4 Å². The lowest BCUT2D eigenvalue weighted by Gasteiger charge is -2.20.